The molecule has 0 nitrogen and oxygen atoms in total. The van der Waals surface area contributed by atoms with E-state index >= 15 is 0 Å². The third kappa shape index (κ3) is 2.65. The first-order chi connectivity index (χ1) is 9.84. The molecule has 0 heterocycles. The lowest BCUT2D eigenvalue weighted by Gasteiger charge is -2.18. The van der Waals surface area contributed by atoms with Gasteiger partial charge in [0.05, 0.1) is 5.92 Å². The minimum Gasteiger partial charge on any atom is -0.0622 e. The van der Waals surface area contributed by atoms with Gasteiger partial charge < -0.3 is 0 Å². The summed E-state index contributed by atoms with van der Waals surface area (Å²) in [6.07, 6.45) is 0. The van der Waals surface area contributed by atoms with Crippen LogP contribution in [-0.4, -0.2) is 0 Å². The van der Waals surface area contributed by atoms with Crippen LogP contribution in [0.2, 0.25) is 0 Å². The van der Waals surface area contributed by atoms with Gasteiger partial charge in [-0.15, -0.1) is 0 Å². The van der Waals surface area contributed by atoms with Gasteiger partial charge in [0.15, 0.2) is 0 Å². The molecule has 0 heteroatoms. The van der Waals surface area contributed by atoms with Crippen LogP contribution < -0.4 is 0 Å². The second-order valence-corrected chi connectivity index (χ2v) is 4.98. The normalized spacial score (nSPS) is 10.7. The monoisotopic (exact) mass is 257 g/mol. The lowest BCUT2D eigenvalue weighted by atomic mass is 9.85. The van der Waals surface area contributed by atoms with Crippen molar-refractivity contribution in [3.05, 3.63) is 113 Å². The van der Waals surface area contributed by atoms with E-state index < -0.39 is 0 Å². The number of aryl methyl sites for hydroxylation is 1. The van der Waals surface area contributed by atoms with Crippen molar-refractivity contribution in [1.82, 2.24) is 0 Å². The summed E-state index contributed by atoms with van der Waals surface area (Å²) in [5.74, 6) is 1.29. The summed E-state index contributed by atoms with van der Waals surface area (Å²) in [5.41, 5.74) is 5.06. The highest BCUT2D eigenvalue weighted by molar-refractivity contribution is 5.57. The minimum atomic E-state index is 1.25. The topological polar surface area (TPSA) is 0 Å². The lowest BCUT2D eigenvalue weighted by molar-refractivity contribution is 1.22. The molecule has 0 unspecified atom stereocenters. The van der Waals surface area contributed by atoms with E-state index in [1.165, 1.54) is 28.2 Å². The Labute approximate surface area is 120 Å². The smallest absolute Gasteiger partial charge is 0.0622 e. The van der Waals surface area contributed by atoms with Crippen LogP contribution in [0.3, 0.4) is 0 Å². The van der Waals surface area contributed by atoms with Crippen LogP contribution in [0.15, 0.2) is 84.9 Å². The Morgan fingerprint density at radius 2 is 1.05 bits per heavy atom. The first kappa shape index (κ1) is 12.7. The molecule has 97 valence electrons. The third-order valence-electron chi connectivity index (χ3n) is 3.43. The molecule has 0 aliphatic rings. The molecule has 0 N–H and O–H groups in total. The van der Waals surface area contributed by atoms with Crippen molar-refractivity contribution >= 4 is 0 Å². The van der Waals surface area contributed by atoms with Crippen LogP contribution in [-0.2, 0) is 0 Å². The quantitative estimate of drug-likeness (QED) is 0.578. The Hall–Kier alpha value is -2.34. The Bertz CT molecular complexity index is 629. The van der Waals surface area contributed by atoms with Crippen LogP contribution >= 0.6 is 0 Å². The van der Waals surface area contributed by atoms with Gasteiger partial charge in [-0.2, -0.15) is 0 Å². The van der Waals surface area contributed by atoms with Crippen molar-refractivity contribution in [3.63, 3.8) is 0 Å². The molecule has 0 atom stereocenters. The fourth-order valence-electron chi connectivity index (χ4n) is 2.51. The molecule has 0 spiro atoms. The Balaban J connectivity index is 2.14. The summed E-state index contributed by atoms with van der Waals surface area (Å²) in [6.45, 7) is 2.14. The molecule has 3 aromatic carbocycles. The van der Waals surface area contributed by atoms with Crippen LogP contribution in [0.1, 0.15) is 22.3 Å². The number of benzene rings is 3. The maximum Gasteiger partial charge on any atom is 0.0629 e. The zero-order chi connectivity index (χ0) is 13.8. The standard InChI is InChI=1S/C20H17/c1-16-9-8-14-19(15-16)20(17-10-4-2-5-11-17)18-12-6-3-7-13-18/h2-15H,1H3. The molecular weight excluding hydrogens is 240 g/mol. The first-order valence-electron chi connectivity index (χ1n) is 6.89. The highest BCUT2D eigenvalue weighted by atomic mass is 14.2. The maximum absolute atomic E-state index is 2.25. The molecule has 3 rings (SSSR count). The second-order valence-electron chi connectivity index (χ2n) is 4.98. The summed E-state index contributed by atoms with van der Waals surface area (Å²) in [5, 5.41) is 0. The fourth-order valence-corrected chi connectivity index (χ4v) is 2.51. The van der Waals surface area contributed by atoms with Crippen molar-refractivity contribution in [3.8, 4) is 0 Å². The molecule has 0 fully saturated rings. The van der Waals surface area contributed by atoms with Gasteiger partial charge in [0.2, 0.25) is 0 Å². The van der Waals surface area contributed by atoms with Gasteiger partial charge in [-0.05, 0) is 23.6 Å². The Kier molecular flexibility index (Phi) is 3.64. The molecule has 20 heavy (non-hydrogen) atoms. The minimum absolute atomic E-state index is 1.25. The highest BCUT2D eigenvalue weighted by Crippen LogP contribution is 2.30. The molecule has 0 saturated carbocycles. The van der Waals surface area contributed by atoms with E-state index in [4.69, 9.17) is 0 Å². The van der Waals surface area contributed by atoms with E-state index in [1.54, 1.807) is 0 Å². The van der Waals surface area contributed by atoms with Crippen LogP contribution in [0.5, 0.6) is 0 Å². The number of rotatable bonds is 3. The number of hydrogen-bond donors (Lipinski definition) is 0. The maximum atomic E-state index is 2.25. The van der Waals surface area contributed by atoms with Gasteiger partial charge in [0.25, 0.3) is 0 Å². The van der Waals surface area contributed by atoms with Gasteiger partial charge in [0, 0.05) is 0 Å². The summed E-state index contributed by atoms with van der Waals surface area (Å²) in [7, 11) is 0. The van der Waals surface area contributed by atoms with Crippen molar-refractivity contribution in [2.24, 2.45) is 0 Å². The van der Waals surface area contributed by atoms with Crippen LogP contribution in [0, 0.1) is 12.8 Å². The van der Waals surface area contributed by atoms with E-state index in [2.05, 4.69) is 91.9 Å². The van der Waals surface area contributed by atoms with Gasteiger partial charge in [-0.1, -0.05) is 90.5 Å². The van der Waals surface area contributed by atoms with Gasteiger partial charge in [-0.3, -0.25) is 0 Å². The Morgan fingerprint density at radius 3 is 1.55 bits per heavy atom. The molecule has 0 aliphatic carbocycles. The van der Waals surface area contributed by atoms with Crippen LogP contribution in [0.4, 0.5) is 0 Å². The molecule has 0 aromatic heterocycles. The summed E-state index contributed by atoms with van der Waals surface area (Å²) >= 11 is 0. The average Bonchev–Trinajstić information content (AvgIpc) is 2.50. The van der Waals surface area contributed by atoms with Crippen molar-refractivity contribution < 1.29 is 0 Å². The molecule has 0 bridgehead atoms. The summed E-state index contributed by atoms with van der Waals surface area (Å²) in [4.78, 5) is 0. The van der Waals surface area contributed by atoms with Gasteiger partial charge >= 0.3 is 0 Å². The summed E-state index contributed by atoms with van der Waals surface area (Å²) < 4.78 is 0. The number of hydrogen-bond acceptors (Lipinski definition) is 0. The highest BCUT2D eigenvalue weighted by Gasteiger charge is 2.16. The van der Waals surface area contributed by atoms with Gasteiger partial charge in [0.1, 0.15) is 0 Å². The van der Waals surface area contributed by atoms with E-state index in [9.17, 15) is 0 Å². The second kappa shape index (κ2) is 5.75. The zero-order valence-electron chi connectivity index (χ0n) is 11.6. The van der Waals surface area contributed by atoms with E-state index in [0.717, 1.165) is 0 Å². The zero-order valence-corrected chi connectivity index (χ0v) is 11.6. The molecule has 3 aromatic rings. The van der Waals surface area contributed by atoms with Gasteiger partial charge in [-0.25, -0.2) is 0 Å². The molecule has 0 amide bonds. The molecule has 0 saturated heterocycles. The van der Waals surface area contributed by atoms with Crippen molar-refractivity contribution in [2.75, 3.05) is 0 Å². The Morgan fingerprint density at radius 1 is 0.550 bits per heavy atom. The predicted octanol–water partition coefficient (Wildman–Crippen LogP) is 5.01. The lowest BCUT2D eigenvalue weighted by Crippen LogP contribution is -2.04. The van der Waals surface area contributed by atoms with Crippen molar-refractivity contribution in [1.29, 1.82) is 0 Å². The SMILES string of the molecule is Cc1cccc([C](c2ccccc2)c2ccccc2)c1. The van der Waals surface area contributed by atoms with E-state index in [0.29, 0.717) is 0 Å². The van der Waals surface area contributed by atoms with E-state index in [1.807, 2.05) is 0 Å². The molecule has 0 aliphatic heterocycles. The van der Waals surface area contributed by atoms with Crippen LogP contribution in [0.25, 0.3) is 0 Å². The van der Waals surface area contributed by atoms with E-state index in [-0.39, 0.29) is 0 Å². The van der Waals surface area contributed by atoms with Crippen molar-refractivity contribution in [2.45, 2.75) is 6.92 Å². The fraction of sp³-hybridized carbons (Fsp3) is 0.0500. The average molecular weight is 257 g/mol. The predicted molar refractivity (Wildman–Crippen MR) is 84.6 cm³/mol. The molecule has 1 radical (unpaired) electrons. The first-order valence-corrected chi connectivity index (χ1v) is 6.89. The molecular formula is C20H17. The largest absolute Gasteiger partial charge is 0.0629 e. The third-order valence-corrected chi connectivity index (χ3v) is 3.43. The summed E-state index contributed by atoms with van der Waals surface area (Å²) in [6, 6.07) is 29.9.